The van der Waals surface area contributed by atoms with Gasteiger partial charge in [-0.25, -0.2) is 14.6 Å². The number of rotatable bonds is 12. The third kappa shape index (κ3) is 6.93. The molecule has 1 saturated carbocycles. The molecule has 2 bridgehead atoms. The monoisotopic (exact) mass is 616 g/mol. The van der Waals surface area contributed by atoms with Crippen molar-refractivity contribution in [3.63, 3.8) is 0 Å². The lowest BCUT2D eigenvalue weighted by molar-refractivity contribution is -0.576. The fourth-order valence-electron chi connectivity index (χ4n) is 7.29. The van der Waals surface area contributed by atoms with Gasteiger partial charge in [-0.05, 0) is 50.0 Å². The summed E-state index contributed by atoms with van der Waals surface area (Å²) in [5.41, 5.74) is 0.0582. The summed E-state index contributed by atoms with van der Waals surface area (Å²) < 4.78 is 18.3. The molecule has 4 saturated heterocycles. The van der Waals surface area contributed by atoms with Gasteiger partial charge in [-0.3, -0.25) is 14.4 Å². The van der Waals surface area contributed by atoms with Gasteiger partial charge in [0.05, 0.1) is 6.42 Å². The molecule has 1 aliphatic carbocycles. The summed E-state index contributed by atoms with van der Waals surface area (Å²) in [6, 6.07) is 8.02. The third-order valence-electron chi connectivity index (χ3n) is 9.72. The summed E-state index contributed by atoms with van der Waals surface area (Å²) in [5.74, 6) is -2.86. The molecule has 1 spiro atoms. The standard InChI is InChI=1S/C32H44N2O10/c1-19-11-12-23-20(2)29(41-30-32(23)22(19)15-16-31(3,42-30)43-44-32)40-27(37)14-13-25(35)33-17-7-10-26(36)34-24(28(38)39)18-21-8-5-4-6-9-21/h4-6,8-9,19-20,22-24,29-30H,7,10-18H2,1-3H3,(H,33,35)(H,34,36)(H,38,39)/t19-,20+,22+,23-,24-,29-,30+,31+,32+/m1/s1. The number of carboxylic acid groups (broad SMARTS) is 1. The Bertz CT molecular complexity index is 1210. The van der Waals surface area contributed by atoms with E-state index in [2.05, 4.69) is 17.6 Å². The lowest BCUT2D eigenvalue weighted by atomic mass is 9.58. The minimum atomic E-state index is -1.11. The number of hydrogen-bond acceptors (Lipinski definition) is 9. The van der Waals surface area contributed by atoms with Gasteiger partial charge in [-0.15, -0.1) is 0 Å². The van der Waals surface area contributed by atoms with Crippen LogP contribution in [0.3, 0.4) is 0 Å². The third-order valence-corrected chi connectivity index (χ3v) is 9.72. The van der Waals surface area contributed by atoms with Gasteiger partial charge in [0.2, 0.25) is 23.9 Å². The molecule has 44 heavy (non-hydrogen) atoms. The van der Waals surface area contributed by atoms with Crippen LogP contribution >= 0.6 is 0 Å². The first kappa shape index (κ1) is 32.3. The number of benzene rings is 1. The predicted molar refractivity (Wildman–Crippen MR) is 154 cm³/mol. The fourth-order valence-corrected chi connectivity index (χ4v) is 7.29. The second-order valence-electron chi connectivity index (χ2n) is 12.9. The van der Waals surface area contributed by atoms with Gasteiger partial charge in [-0.1, -0.05) is 44.2 Å². The molecule has 1 aromatic rings. The van der Waals surface area contributed by atoms with E-state index in [0.29, 0.717) is 18.8 Å². The quantitative estimate of drug-likeness (QED) is 0.181. The molecule has 5 fully saturated rings. The van der Waals surface area contributed by atoms with Crippen molar-refractivity contribution in [2.24, 2.45) is 23.7 Å². The summed E-state index contributed by atoms with van der Waals surface area (Å²) in [5, 5.41) is 14.7. The lowest BCUT2D eigenvalue weighted by Gasteiger charge is -2.59. The number of amides is 2. The minimum Gasteiger partial charge on any atom is -0.480 e. The van der Waals surface area contributed by atoms with Gasteiger partial charge in [0.15, 0.2) is 11.9 Å². The van der Waals surface area contributed by atoms with Gasteiger partial charge >= 0.3 is 11.9 Å². The van der Waals surface area contributed by atoms with Crippen molar-refractivity contribution in [3.8, 4) is 0 Å². The maximum atomic E-state index is 12.8. The zero-order chi connectivity index (χ0) is 31.5. The molecular weight excluding hydrogens is 572 g/mol. The number of carboxylic acids is 1. The van der Waals surface area contributed by atoms with Crippen molar-refractivity contribution in [2.45, 2.75) is 109 Å². The second-order valence-corrected chi connectivity index (χ2v) is 12.9. The molecular formula is C32H44N2O10. The summed E-state index contributed by atoms with van der Waals surface area (Å²) in [7, 11) is 0. The maximum Gasteiger partial charge on any atom is 0.326 e. The Labute approximate surface area is 257 Å². The second kappa shape index (κ2) is 13.5. The Hall–Kier alpha value is -3.06. The first-order valence-corrected chi connectivity index (χ1v) is 15.7. The van der Waals surface area contributed by atoms with Crippen molar-refractivity contribution < 1.29 is 48.3 Å². The van der Waals surface area contributed by atoms with Gasteiger partial charge < -0.3 is 30.0 Å². The highest BCUT2D eigenvalue weighted by atomic mass is 17.3. The highest BCUT2D eigenvalue weighted by Gasteiger charge is 2.69. The number of nitrogens with one attached hydrogen (secondary N) is 2. The van der Waals surface area contributed by atoms with Gasteiger partial charge in [0.1, 0.15) is 6.04 Å². The van der Waals surface area contributed by atoms with E-state index in [0.717, 1.165) is 24.8 Å². The summed E-state index contributed by atoms with van der Waals surface area (Å²) >= 11 is 0. The molecule has 2 amide bonds. The van der Waals surface area contributed by atoms with Crippen molar-refractivity contribution in [1.82, 2.24) is 10.6 Å². The van der Waals surface area contributed by atoms with Crippen LogP contribution < -0.4 is 10.6 Å². The van der Waals surface area contributed by atoms with Crippen LogP contribution in [0.1, 0.15) is 77.7 Å². The Balaban J connectivity index is 1.03. The zero-order valence-corrected chi connectivity index (χ0v) is 25.6. The van der Waals surface area contributed by atoms with E-state index in [4.69, 9.17) is 24.0 Å². The van der Waals surface area contributed by atoms with Crippen LogP contribution in [-0.2, 0) is 49.6 Å². The Kier molecular flexibility index (Phi) is 9.93. The molecule has 6 rings (SSSR count). The Morgan fingerprint density at radius 1 is 1.00 bits per heavy atom. The number of ether oxygens (including phenoxy) is 3. The molecule has 9 atom stereocenters. The van der Waals surface area contributed by atoms with Crippen LogP contribution in [0.25, 0.3) is 0 Å². The smallest absolute Gasteiger partial charge is 0.326 e. The van der Waals surface area contributed by atoms with Crippen LogP contribution in [0.5, 0.6) is 0 Å². The molecule has 0 unspecified atom stereocenters. The molecule has 0 radical (unpaired) electrons. The van der Waals surface area contributed by atoms with Crippen molar-refractivity contribution in [2.75, 3.05) is 6.54 Å². The van der Waals surface area contributed by atoms with Crippen LogP contribution in [0, 0.1) is 23.7 Å². The number of hydrogen-bond donors (Lipinski definition) is 3. The van der Waals surface area contributed by atoms with E-state index in [1.807, 2.05) is 32.0 Å². The fraction of sp³-hybridized carbons (Fsp3) is 0.688. The van der Waals surface area contributed by atoms with Gasteiger partial charge in [0.25, 0.3) is 0 Å². The van der Waals surface area contributed by atoms with Gasteiger partial charge in [0, 0.05) is 44.1 Å². The van der Waals surface area contributed by atoms with Crippen molar-refractivity contribution in [3.05, 3.63) is 35.9 Å². The Morgan fingerprint density at radius 3 is 2.52 bits per heavy atom. The predicted octanol–water partition coefficient (Wildman–Crippen LogP) is 3.23. The number of aliphatic carboxylic acids is 1. The first-order chi connectivity index (χ1) is 21.0. The minimum absolute atomic E-state index is 0.0208. The highest BCUT2D eigenvalue weighted by molar-refractivity contribution is 5.84. The summed E-state index contributed by atoms with van der Waals surface area (Å²) in [6.07, 6.45) is 2.29. The van der Waals surface area contributed by atoms with Crippen LogP contribution in [0.2, 0.25) is 0 Å². The average Bonchev–Trinajstić information content (AvgIpc) is 3.22. The van der Waals surface area contributed by atoms with Crippen molar-refractivity contribution in [1.29, 1.82) is 0 Å². The largest absolute Gasteiger partial charge is 0.480 e. The number of fused-ring (bicyclic) bond motifs is 2. The Morgan fingerprint density at radius 2 is 1.77 bits per heavy atom. The van der Waals surface area contributed by atoms with E-state index in [1.165, 1.54) is 0 Å². The van der Waals surface area contributed by atoms with Crippen molar-refractivity contribution >= 4 is 23.8 Å². The SMILES string of the molecule is C[C@@H]1[C@H](OC(=O)CCC(=O)NCCCC(=O)N[C@H](Cc2ccccc2)C(=O)O)O[C@H]2O[C@]3(C)CC[C@H]4[C@H](C)CC[C@H]1[C@]24OO3. The van der Waals surface area contributed by atoms with Crippen LogP contribution in [0.15, 0.2) is 30.3 Å². The summed E-state index contributed by atoms with van der Waals surface area (Å²) in [4.78, 5) is 60.9. The molecule has 12 heteroatoms. The zero-order valence-electron chi connectivity index (χ0n) is 25.6. The highest BCUT2D eigenvalue weighted by Crippen LogP contribution is 2.60. The molecule has 0 aromatic heterocycles. The van der Waals surface area contributed by atoms with E-state index < -0.39 is 47.9 Å². The van der Waals surface area contributed by atoms with Crippen LogP contribution in [0.4, 0.5) is 0 Å². The summed E-state index contributed by atoms with van der Waals surface area (Å²) in [6.45, 7) is 6.27. The first-order valence-electron chi connectivity index (χ1n) is 15.7. The van der Waals surface area contributed by atoms with E-state index >= 15 is 0 Å². The number of carbonyl (C=O) groups is 4. The number of carbonyl (C=O) groups excluding carboxylic acids is 3. The van der Waals surface area contributed by atoms with Crippen LogP contribution in [-0.4, -0.2) is 65.4 Å². The molecule has 3 N–H and O–H groups in total. The topological polar surface area (TPSA) is 159 Å². The maximum absolute atomic E-state index is 12.8. The van der Waals surface area contributed by atoms with Gasteiger partial charge in [-0.2, -0.15) is 0 Å². The number of esters is 1. The molecule has 4 aliphatic heterocycles. The molecule has 1 aromatic carbocycles. The van der Waals surface area contributed by atoms with E-state index in [1.54, 1.807) is 12.1 Å². The molecule has 242 valence electrons. The normalized spacial score (nSPS) is 34.6. The molecule has 5 aliphatic rings. The molecule has 12 nitrogen and oxygen atoms in total. The lowest BCUT2D eigenvalue weighted by Crippen LogP contribution is -2.70. The molecule has 4 heterocycles. The van der Waals surface area contributed by atoms with E-state index in [9.17, 15) is 24.3 Å². The average molecular weight is 617 g/mol. The van der Waals surface area contributed by atoms with E-state index in [-0.39, 0.29) is 55.9 Å².